The van der Waals surface area contributed by atoms with E-state index in [0.717, 1.165) is 5.92 Å². The van der Waals surface area contributed by atoms with Crippen LogP contribution in [0.2, 0.25) is 0 Å². The molecule has 1 amide bonds. The van der Waals surface area contributed by atoms with E-state index in [1.54, 1.807) is 12.1 Å². The maximum atomic E-state index is 12.1. The normalized spacial score (nSPS) is 28.8. The molecule has 0 heterocycles. The molecule has 0 aliphatic heterocycles. The lowest BCUT2D eigenvalue weighted by atomic mass is 9.95. The fourth-order valence-electron chi connectivity index (χ4n) is 3.35. The van der Waals surface area contributed by atoms with E-state index in [-0.39, 0.29) is 18.3 Å². The van der Waals surface area contributed by atoms with E-state index in [2.05, 4.69) is 5.32 Å². The summed E-state index contributed by atoms with van der Waals surface area (Å²) in [6.07, 6.45) is 5.11. The number of halogens is 1. The van der Waals surface area contributed by atoms with Crippen LogP contribution in [0.25, 0.3) is 0 Å². The van der Waals surface area contributed by atoms with E-state index in [1.807, 2.05) is 12.1 Å². The highest BCUT2D eigenvalue weighted by atomic mass is 35.5. The summed E-state index contributed by atoms with van der Waals surface area (Å²) in [5.41, 5.74) is 7.00. The Morgan fingerprint density at radius 2 is 2.11 bits per heavy atom. The molecule has 3 N–H and O–H groups in total. The van der Waals surface area contributed by atoms with Gasteiger partial charge in [0, 0.05) is 17.3 Å². The summed E-state index contributed by atoms with van der Waals surface area (Å²) >= 11 is 0. The Balaban J connectivity index is 0.00000120. The molecular formula is C14H19ClN2O. The first-order valence-electron chi connectivity index (χ1n) is 6.39. The third-order valence-corrected chi connectivity index (χ3v) is 4.20. The van der Waals surface area contributed by atoms with Crippen LogP contribution < -0.4 is 11.1 Å². The van der Waals surface area contributed by atoms with Gasteiger partial charge in [-0.2, -0.15) is 0 Å². The summed E-state index contributed by atoms with van der Waals surface area (Å²) in [4.78, 5) is 12.1. The molecule has 2 fully saturated rings. The quantitative estimate of drug-likeness (QED) is 0.809. The molecule has 0 saturated heterocycles. The van der Waals surface area contributed by atoms with Crippen molar-refractivity contribution in [2.24, 2.45) is 11.8 Å². The maximum absolute atomic E-state index is 12.1. The van der Waals surface area contributed by atoms with Crippen molar-refractivity contribution >= 4 is 24.0 Å². The molecule has 3 nitrogen and oxygen atoms in total. The second-order valence-corrected chi connectivity index (χ2v) is 5.38. The van der Waals surface area contributed by atoms with Gasteiger partial charge in [-0.1, -0.05) is 12.5 Å². The van der Waals surface area contributed by atoms with E-state index >= 15 is 0 Å². The van der Waals surface area contributed by atoms with Crippen LogP contribution >= 0.6 is 12.4 Å². The molecule has 98 valence electrons. The Bertz CT molecular complexity index is 449. The Morgan fingerprint density at radius 3 is 2.72 bits per heavy atom. The van der Waals surface area contributed by atoms with Gasteiger partial charge >= 0.3 is 0 Å². The van der Waals surface area contributed by atoms with E-state index in [0.29, 0.717) is 23.2 Å². The number of nitrogen functional groups attached to an aromatic ring is 1. The number of nitrogens with two attached hydrogens (primary N) is 1. The van der Waals surface area contributed by atoms with Crippen LogP contribution in [-0.2, 0) is 0 Å². The highest BCUT2D eigenvalue weighted by Crippen LogP contribution is 2.44. The van der Waals surface area contributed by atoms with Gasteiger partial charge < -0.3 is 11.1 Å². The minimum Gasteiger partial charge on any atom is -0.399 e. The average molecular weight is 267 g/mol. The number of nitrogens with one attached hydrogen (secondary N) is 1. The van der Waals surface area contributed by atoms with Crippen LogP contribution in [0.3, 0.4) is 0 Å². The monoisotopic (exact) mass is 266 g/mol. The Labute approximate surface area is 114 Å². The third-order valence-electron chi connectivity index (χ3n) is 4.20. The van der Waals surface area contributed by atoms with Crippen molar-refractivity contribution in [3.63, 3.8) is 0 Å². The molecule has 2 aliphatic carbocycles. The second kappa shape index (κ2) is 5.19. The van der Waals surface area contributed by atoms with Crippen LogP contribution in [-0.4, -0.2) is 11.9 Å². The Morgan fingerprint density at radius 1 is 1.28 bits per heavy atom. The smallest absolute Gasteiger partial charge is 0.251 e. The molecule has 1 aromatic carbocycles. The number of carbonyl (C=O) groups is 1. The van der Waals surface area contributed by atoms with Crippen LogP contribution in [0.15, 0.2) is 24.3 Å². The van der Waals surface area contributed by atoms with E-state index < -0.39 is 0 Å². The topological polar surface area (TPSA) is 55.1 Å². The average Bonchev–Trinajstić information content (AvgIpc) is 2.91. The second-order valence-electron chi connectivity index (χ2n) is 5.38. The fraction of sp³-hybridized carbons (Fsp3) is 0.500. The largest absolute Gasteiger partial charge is 0.399 e. The van der Waals surface area contributed by atoms with Crippen LogP contribution in [0.1, 0.15) is 36.0 Å². The lowest BCUT2D eigenvalue weighted by Crippen LogP contribution is -2.38. The van der Waals surface area contributed by atoms with Crippen LogP contribution in [0.5, 0.6) is 0 Å². The maximum Gasteiger partial charge on any atom is 0.251 e. The standard InChI is InChI=1S/C14H18N2O.ClH/c15-12-3-1-2-11(8-12)14(17)16-13-7-9-4-5-10(13)6-9;/h1-3,8-10,13H,4-7,15H2,(H,16,17);1H. The number of rotatable bonds is 2. The van der Waals surface area contributed by atoms with Gasteiger partial charge in [0.1, 0.15) is 0 Å². The SMILES string of the molecule is Cl.Nc1cccc(C(=O)NC2CC3CCC2C3)c1. The molecule has 0 radical (unpaired) electrons. The first kappa shape index (κ1) is 13.2. The van der Waals surface area contributed by atoms with E-state index in [1.165, 1.54) is 25.7 Å². The van der Waals surface area contributed by atoms with Gasteiger partial charge in [-0.25, -0.2) is 0 Å². The predicted molar refractivity (Wildman–Crippen MR) is 74.8 cm³/mol. The number of amides is 1. The van der Waals surface area contributed by atoms with E-state index in [4.69, 9.17) is 5.73 Å². The van der Waals surface area contributed by atoms with Crippen molar-refractivity contribution < 1.29 is 4.79 Å². The lowest BCUT2D eigenvalue weighted by Gasteiger charge is -2.22. The highest BCUT2D eigenvalue weighted by Gasteiger charge is 2.40. The van der Waals surface area contributed by atoms with Crippen molar-refractivity contribution in [3.8, 4) is 0 Å². The molecule has 1 aromatic rings. The van der Waals surface area contributed by atoms with Crippen molar-refractivity contribution in [2.45, 2.75) is 31.7 Å². The van der Waals surface area contributed by atoms with Gasteiger partial charge in [0.15, 0.2) is 0 Å². The molecular weight excluding hydrogens is 248 g/mol. The minimum absolute atomic E-state index is 0. The minimum atomic E-state index is 0. The van der Waals surface area contributed by atoms with Gasteiger partial charge in [-0.3, -0.25) is 4.79 Å². The molecule has 3 rings (SSSR count). The summed E-state index contributed by atoms with van der Waals surface area (Å²) in [5, 5.41) is 3.16. The molecule has 18 heavy (non-hydrogen) atoms. The van der Waals surface area contributed by atoms with Gasteiger partial charge in [0.25, 0.3) is 5.91 Å². The van der Waals surface area contributed by atoms with Crippen molar-refractivity contribution in [2.75, 3.05) is 5.73 Å². The highest BCUT2D eigenvalue weighted by molar-refractivity contribution is 5.95. The van der Waals surface area contributed by atoms with Crippen molar-refractivity contribution in [3.05, 3.63) is 29.8 Å². The number of hydrogen-bond acceptors (Lipinski definition) is 2. The molecule has 2 bridgehead atoms. The summed E-state index contributed by atoms with van der Waals surface area (Å²) in [5.74, 6) is 1.59. The molecule has 4 heteroatoms. The summed E-state index contributed by atoms with van der Waals surface area (Å²) < 4.78 is 0. The molecule has 2 saturated carbocycles. The zero-order valence-corrected chi connectivity index (χ0v) is 11.1. The number of hydrogen-bond donors (Lipinski definition) is 2. The fourth-order valence-corrected chi connectivity index (χ4v) is 3.35. The summed E-state index contributed by atoms with van der Waals surface area (Å²) in [6, 6.07) is 7.57. The van der Waals surface area contributed by atoms with Gasteiger partial charge in [0.2, 0.25) is 0 Å². The predicted octanol–water partition coefficient (Wildman–Crippen LogP) is 2.61. The van der Waals surface area contributed by atoms with Gasteiger partial charge in [-0.15, -0.1) is 12.4 Å². The number of benzene rings is 1. The Kier molecular flexibility index (Phi) is 3.81. The molecule has 2 aliphatic rings. The van der Waals surface area contributed by atoms with Gasteiger partial charge in [0.05, 0.1) is 0 Å². The number of anilines is 1. The molecule has 3 unspecified atom stereocenters. The molecule has 0 aromatic heterocycles. The first-order valence-corrected chi connectivity index (χ1v) is 6.39. The van der Waals surface area contributed by atoms with Crippen molar-refractivity contribution in [1.82, 2.24) is 5.32 Å². The molecule has 0 spiro atoms. The summed E-state index contributed by atoms with van der Waals surface area (Å²) in [6.45, 7) is 0. The van der Waals surface area contributed by atoms with Crippen LogP contribution in [0, 0.1) is 11.8 Å². The summed E-state index contributed by atoms with van der Waals surface area (Å²) in [7, 11) is 0. The zero-order chi connectivity index (χ0) is 11.8. The number of carbonyl (C=O) groups excluding carboxylic acids is 1. The zero-order valence-electron chi connectivity index (χ0n) is 10.3. The van der Waals surface area contributed by atoms with Gasteiger partial charge in [-0.05, 0) is 49.3 Å². The van der Waals surface area contributed by atoms with Crippen molar-refractivity contribution in [1.29, 1.82) is 0 Å². The molecule has 3 atom stereocenters. The van der Waals surface area contributed by atoms with E-state index in [9.17, 15) is 4.79 Å². The number of fused-ring (bicyclic) bond motifs is 2. The first-order chi connectivity index (χ1) is 8.22. The Hall–Kier alpha value is -1.22. The lowest BCUT2D eigenvalue weighted by molar-refractivity contribution is 0.0923. The van der Waals surface area contributed by atoms with Crippen LogP contribution in [0.4, 0.5) is 5.69 Å². The third kappa shape index (κ3) is 2.46.